The predicted octanol–water partition coefficient (Wildman–Crippen LogP) is -0.792. The van der Waals surface area contributed by atoms with E-state index in [2.05, 4.69) is 0 Å². The van der Waals surface area contributed by atoms with Gasteiger partial charge in [-0.1, -0.05) is 0 Å². The van der Waals surface area contributed by atoms with Crippen LogP contribution in [0.4, 0.5) is 0 Å². The van der Waals surface area contributed by atoms with E-state index in [0.29, 0.717) is 0 Å². The fourth-order valence-corrected chi connectivity index (χ4v) is 3.42. The summed E-state index contributed by atoms with van der Waals surface area (Å²) >= 11 is 0.763. The molecule has 1 fully saturated rings. The summed E-state index contributed by atoms with van der Waals surface area (Å²) in [7, 11) is -4.36. The Labute approximate surface area is 90.2 Å². The first-order chi connectivity index (χ1) is 6.82. The number of thioether (sulfide) groups is 1. The smallest absolute Gasteiger partial charge is 0.305 e. The van der Waals surface area contributed by atoms with Gasteiger partial charge < -0.3 is 10.0 Å². The molecule has 2 N–H and O–H groups in total. The summed E-state index contributed by atoms with van der Waals surface area (Å²) in [6.45, 7) is -0.217. The van der Waals surface area contributed by atoms with Crippen LogP contribution in [0.1, 0.15) is 6.42 Å². The summed E-state index contributed by atoms with van der Waals surface area (Å²) in [4.78, 5) is 22.3. The molecule has 1 aliphatic rings. The molecule has 0 aromatic carbocycles. The van der Waals surface area contributed by atoms with Crippen molar-refractivity contribution in [2.45, 2.75) is 11.1 Å². The minimum absolute atomic E-state index is 0.0654. The second-order valence-electron chi connectivity index (χ2n) is 2.86. The van der Waals surface area contributed by atoms with Crippen LogP contribution in [0, 0.1) is 0 Å². The van der Waals surface area contributed by atoms with E-state index in [4.69, 9.17) is 9.66 Å². The van der Waals surface area contributed by atoms with Crippen molar-refractivity contribution in [3.8, 4) is 0 Å². The molecule has 7 nitrogen and oxygen atoms in total. The summed E-state index contributed by atoms with van der Waals surface area (Å²) in [5.74, 6) is -1.68. The van der Waals surface area contributed by atoms with E-state index in [-0.39, 0.29) is 18.7 Å². The molecule has 15 heavy (non-hydrogen) atoms. The highest BCUT2D eigenvalue weighted by Crippen LogP contribution is 2.28. The number of carboxylic acid groups (broad SMARTS) is 1. The van der Waals surface area contributed by atoms with Gasteiger partial charge in [0.1, 0.15) is 0 Å². The van der Waals surface area contributed by atoms with Crippen molar-refractivity contribution >= 4 is 33.8 Å². The van der Waals surface area contributed by atoms with Gasteiger partial charge in [-0.2, -0.15) is 8.42 Å². The minimum Gasteiger partial charge on any atom is -0.481 e. The zero-order valence-corrected chi connectivity index (χ0v) is 9.12. The lowest BCUT2D eigenvalue weighted by Gasteiger charge is -2.20. The van der Waals surface area contributed by atoms with Crippen LogP contribution in [0.15, 0.2) is 0 Å². The second kappa shape index (κ2) is 4.37. The number of rotatable bonds is 4. The fourth-order valence-electron chi connectivity index (χ4n) is 1.13. The summed E-state index contributed by atoms with van der Waals surface area (Å²) < 4.78 is 29.1. The number of hydrogen-bond donors (Lipinski definition) is 2. The van der Waals surface area contributed by atoms with E-state index in [1.54, 1.807) is 0 Å². The average molecular weight is 255 g/mol. The Balaban J connectivity index is 2.74. The Morgan fingerprint density at radius 2 is 2.20 bits per heavy atom. The van der Waals surface area contributed by atoms with Crippen molar-refractivity contribution in [1.29, 1.82) is 0 Å². The van der Waals surface area contributed by atoms with Gasteiger partial charge in [-0.25, -0.2) is 0 Å². The van der Waals surface area contributed by atoms with Crippen LogP contribution in [0.2, 0.25) is 0 Å². The molecule has 1 atom stereocenters. The highest BCUT2D eigenvalue weighted by atomic mass is 32.3. The molecule has 0 radical (unpaired) electrons. The molecule has 0 bridgehead atoms. The quantitative estimate of drug-likeness (QED) is 0.633. The van der Waals surface area contributed by atoms with Crippen LogP contribution < -0.4 is 0 Å². The maximum atomic E-state index is 11.2. The van der Waals surface area contributed by atoms with E-state index in [0.717, 1.165) is 16.7 Å². The summed E-state index contributed by atoms with van der Waals surface area (Å²) in [5.41, 5.74) is 0. The number of carbonyl (C=O) groups is 2. The van der Waals surface area contributed by atoms with Crippen LogP contribution in [0.25, 0.3) is 0 Å². The number of hydrogen-bond acceptors (Lipinski definition) is 5. The lowest BCUT2D eigenvalue weighted by atomic mass is 10.4. The van der Waals surface area contributed by atoms with Crippen LogP contribution in [0.5, 0.6) is 0 Å². The van der Waals surface area contributed by atoms with Crippen LogP contribution in [0.3, 0.4) is 0 Å². The Kier molecular flexibility index (Phi) is 3.58. The molecule has 0 aromatic heterocycles. The first kappa shape index (κ1) is 12.3. The van der Waals surface area contributed by atoms with Gasteiger partial charge in [-0.15, -0.1) is 11.8 Å². The molecule has 1 heterocycles. The molecule has 0 aliphatic carbocycles. The van der Waals surface area contributed by atoms with E-state index >= 15 is 0 Å². The van der Waals surface area contributed by atoms with Gasteiger partial charge in [0.05, 0.1) is 12.2 Å². The van der Waals surface area contributed by atoms with Crippen molar-refractivity contribution in [3.05, 3.63) is 0 Å². The Morgan fingerprint density at radius 3 is 2.67 bits per heavy atom. The van der Waals surface area contributed by atoms with Crippen molar-refractivity contribution in [1.82, 2.24) is 4.90 Å². The zero-order valence-electron chi connectivity index (χ0n) is 7.49. The van der Waals surface area contributed by atoms with Gasteiger partial charge in [-0.3, -0.25) is 14.1 Å². The monoisotopic (exact) mass is 255 g/mol. The van der Waals surface area contributed by atoms with Gasteiger partial charge in [0.15, 0.2) is 0 Å². The standard InChI is InChI=1S/C6H9NO6S2/c8-4-3-14-6(15(11,12)13)7(4)2-1-5(9)10/h6H,1-3H2,(H,9,10)(H,11,12,13). The van der Waals surface area contributed by atoms with Crippen LogP contribution in [-0.4, -0.2) is 51.9 Å². The fraction of sp³-hybridized carbons (Fsp3) is 0.667. The molecule has 86 valence electrons. The van der Waals surface area contributed by atoms with E-state index in [1.807, 2.05) is 0 Å². The lowest BCUT2D eigenvalue weighted by molar-refractivity contribution is -0.138. The van der Waals surface area contributed by atoms with Crippen LogP contribution >= 0.6 is 11.8 Å². The van der Waals surface area contributed by atoms with Gasteiger partial charge in [-0.05, 0) is 0 Å². The van der Waals surface area contributed by atoms with Crippen molar-refractivity contribution in [3.63, 3.8) is 0 Å². The molecule has 1 amide bonds. The first-order valence-electron chi connectivity index (χ1n) is 3.91. The molecule has 1 aliphatic heterocycles. The summed E-state index contributed by atoms with van der Waals surface area (Å²) in [6, 6.07) is 0. The molecule has 1 rings (SSSR count). The predicted molar refractivity (Wildman–Crippen MR) is 51.8 cm³/mol. The minimum atomic E-state index is -4.36. The SMILES string of the molecule is O=C(O)CCN1C(=O)CSC1S(=O)(=O)O. The van der Waals surface area contributed by atoms with Crippen molar-refractivity contribution in [2.24, 2.45) is 0 Å². The number of nitrogens with zero attached hydrogens (tertiary/aromatic N) is 1. The van der Waals surface area contributed by atoms with E-state index < -0.39 is 26.7 Å². The number of carbonyl (C=O) groups excluding carboxylic acids is 1. The Bertz CT molecular complexity index is 377. The number of aliphatic carboxylic acids is 1. The molecule has 9 heteroatoms. The molecule has 0 aromatic rings. The molecular weight excluding hydrogens is 246 g/mol. The third kappa shape index (κ3) is 3.08. The largest absolute Gasteiger partial charge is 0.481 e. The average Bonchev–Trinajstić information content (AvgIpc) is 2.42. The van der Waals surface area contributed by atoms with Crippen LogP contribution in [-0.2, 0) is 19.7 Å². The Morgan fingerprint density at radius 1 is 1.60 bits per heavy atom. The summed E-state index contributed by atoms with van der Waals surface area (Å²) in [5, 5.41) is 8.39. The highest BCUT2D eigenvalue weighted by Gasteiger charge is 2.39. The molecule has 0 saturated carbocycles. The maximum Gasteiger partial charge on any atom is 0.305 e. The second-order valence-corrected chi connectivity index (χ2v) is 5.71. The lowest BCUT2D eigenvalue weighted by Crippen LogP contribution is -2.38. The van der Waals surface area contributed by atoms with Gasteiger partial charge >= 0.3 is 5.97 Å². The third-order valence-electron chi connectivity index (χ3n) is 1.75. The van der Waals surface area contributed by atoms with Gasteiger partial charge in [0, 0.05) is 6.54 Å². The third-order valence-corrected chi connectivity index (χ3v) is 4.60. The number of carboxylic acids is 1. The van der Waals surface area contributed by atoms with E-state index in [9.17, 15) is 18.0 Å². The topological polar surface area (TPSA) is 112 Å². The maximum absolute atomic E-state index is 11.2. The molecule has 1 unspecified atom stereocenters. The molecular formula is C6H9NO6S2. The van der Waals surface area contributed by atoms with Gasteiger partial charge in [0.2, 0.25) is 10.6 Å². The van der Waals surface area contributed by atoms with Crippen molar-refractivity contribution in [2.75, 3.05) is 12.3 Å². The van der Waals surface area contributed by atoms with Crippen molar-refractivity contribution < 1.29 is 27.7 Å². The summed E-state index contributed by atoms with van der Waals surface area (Å²) in [6.07, 6.45) is -0.349. The van der Waals surface area contributed by atoms with E-state index in [1.165, 1.54) is 0 Å². The Hall–Kier alpha value is -0.800. The normalized spacial score (nSPS) is 22.1. The highest BCUT2D eigenvalue weighted by molar-refractivity contribution is 8.12. The van der Waals surface area contributed by atoms with Gasteiger partial charge in [0.25, 0.3) is 10.1 Å². The number of amides is 1. The molecule has 1 saturated heterocycles. The zero-order chi connectivity index (χ0) is 11.6. The first-order valence-corrected chi connectivity index (χ1v) is 6.46. The molecule has 0 spiro atoms.